The first-order valence-corrected chi connectivity index (χ1v) is 5.53. The monoisotopic (exact) mass is 239 g/mol. The van der Waals surface area contributed by atoms with Crippen LogP contribution in [-0.4, -0.2) is 24.7 Å². The minimum atomic E-state index is -0.801. The fraction of sp³-hybridized carbons (Fsp3) is 0.462. The van der Waals surface area contributed by atoms with Gasteiger partial charge in [-0.15, -0.1) is 0 Å². The van der Waals surface area contributed by atoms with Crippen molar-refractivity contribution >= 4 is 11.7 Å². The summed E-state index contributed by atoms with van der Waals surface area (Å²) in [5.41, 5.74) is 0.140. The average Bonchev–Trinajstić information content (AvgIpc) is 2.27. The minimum Gasteiger partial charge on any atom is -0.481 e. The zero-order valence-corrected chi connectivity index (χ0v) is 10.4. The molecule has 0 saturated heterocycles. The first-order chi connectivity index (χ1) is 7.83. The van der Waals surface area contributed by atoms with E-state index in [2.05, 4.69) is 0 Å². The van der Waals surface area contributed by atoms with Crippen LogP contribution in [0.2, 0.25) is 0 Å². The van der Waals surface area contributed by atoms with Crippen LogP contribution in [0.5, 0.6) is 0 Å². The van der Waals surface area contributed by atoms with Gasteiger partial charge >= 0.3 is 5.97 Å². The Morgan fingerprint density at radius 1 is 1.35 bits per heavy atom. The highest BCUT2D eigenvalue weighted by molar-refractivity contribution is 5.73. The third-order valence-electron chi connectivity index (χ3n) is 2.92. The predicted molar refractivity (Wildman–Crippen MR) is 65.7 cm³/mol. The highest BCUT2D eigenvalue weighted by atomic mass is 19.1. The summed E-state index contributed by atoms with van der Waals surface area (Å²) in [7, 11) is 1.87. The highest BCUT2D eigenvalue weighted by Crippen LogP contribution is 2.22. The zero-order valence-electron chi connectivity index (χ0n) is 10.4. The maximum Gasteiger partial charge on any atom is 0.309 e. The van der Waals surface area contributed by atoms with Gasteiger partial charge < -0.3 is 10.0 Å². The first-order valence-electron chi connectivity index (χ1n) is 5.53. The van der Waals surface area contributed by atoms with E-state index >= 15 is 0 Å². The highest BCUT2D eigenvalue weighted by Gasteiger charge is 2.26. The van der Waals surface area contributed by atoms with Gasteiger partial charge in [0.1, 0.15) is 5.82 Å². The van der Waals surface area contributed by atoms with Gasteiger partial charge in [-0.1, -0.05) is 0 Å². The summed E-state index contributed by atoms with van der Waals surface area (Å²) in [6.45, 7) is 4.02. The molecular weight excluding hydrogens is 221 g/mol. The second-order valence-corrected chi connectivity index (χ2v) is 4.84. The molecule has 1 aromatic rings. The summed E-state index contributed by atoms with van der Waals surface area (Å²) >= 11 is 0. The largest absolute Gasteiger partial charge is 0.481 e. The number of carboxylic acid groups (broad SMARTS) is 1. The van der Waals surface area contributed by atoms with Crippen molar-refractivity contribution in [3.05, 3.63) is 30.1 Å². The van der Waals surface area contributed by atoms with Gasteiger partial charge in [0.15, 0.2) is 0 Å². The molecule has 0 aliphatic rings. The van der Waals surface area contributed by atoms with Crippen molar-refractivity contribution in [2.45, 2.75) is 20.3 Å². The number of aliphatic carboxylic acids is 1. The van der Waals surface area contributed by atoms with Gasteiger partial charge in [-0.2, -0.15) is 0 Å². The van der Waals surface area contributed by atoms with Crippen LogP contribution in [0.3, 0.4) is 0 Å². The molecule has 0 heterocycles. The third-order valence-corrected chi connectivity index (χ3v) is 2.92. The lowest BCUT2D eigenvalue weighted by Gasteiger charge is -2.25. The lowest BCUT2D eigenvalue weighted by molar-refractivity contribution is -0.147. The first kappa shape index (κ1) is 13.5. The molecule has 0 bridgehead atoms. The Labute approximate surface area is 101 Å². The number of nitrogens with zero attached hydrogens (tertiary/aromatic N) is 1. The molecule has 0 amide bonds. The number of hydrogen-bond acceptors (Lipinski definition) is 2. The zero-order chi connectivity index (χ0) is 13.1. The van der Waals surface area contributed by atoms with E-state index in [-0.39, 0.29) is 5.82 Å². The van der Waals surface area contributed by atoms with E-state index < -0.39 is 11.4 Å². The summed E-state index contributed by atoms with van der Waals surface area (Å²) in [6, 6.07) is 6.16. The van der Waals surface area contributed by atoms with Crippen molar-refractivity contribution in [2.24, 2.45) is 5.41 Å². The van der Waals surface area contributed by atoms with E-state index in [1.54, 1.807) is 26.0 Å². The quantitative estimate of drug-likeness (QED) is 0.859. The summed E-state index contributed by atoms with van der Waals surface area (Å²) < 4.78 is 12.7. The molecule has 94 valence electrons. The summed E-state index contributed by atoms with van der Waals surface area (Å²) in [5, 5.41) is 8.99. The van der Waals surface area contributed by atoms with Gasteiger partial charge in [0, 0.05) is 19.3 Å². The van der Waals surface area contributed by atoms with Gasteiger partial charge in [-0.3, -0.25) is 4.79 Å². The molecule has 0 unspecified atom stereocenters. The van der Waals surface area contributed by atoms with E-state index in [9.17, 15) is 9.18 Å². The molecule has 1 N–H and O–H groups in total. The number of benzene rings is 1. The molecule has 0 aromatic heterocycles. The maximum absolute atomic E-state index is 12.7. The van der Waals surface area contributed by atoms with E-state index in [1.807, 2.05) is 11.9 Å². The second kappa shape index (κ2) is 5.17. The third kappa shape index (κ3) is 3.73. The fourth-order valence-electron chi connectivity index (χ4n) is 1.38. The maximum atomic E-state index is 12.7. The second-order valence-electron chi connectivity index (χ2n) is 4.84. The van der Waals surface area contributed by atoms with Gasteiger partial charge in [0.05, 0.1) is 5.41 Å². The Morgan fingerprint density at radius 2 is 1.88 bits per heavy atom. The normalized spacial score (nSPS) is 11.3. The number of carboxylic acids is 1. The molecule has 3 nitrogen and oxygen atoms in total. The van der Waals surface area contributed by atoms with Crippen molar-refractivity contribution in [2.75, 3.05) is 18.5 Å². The Morgan fingerprint density at radius 3 is 2.35 bits per heavy atom. The summed E-state index contributed by atoms with van der Waals surface area (Å²) in [4.78, 5) is 12.9. The van der Waals surface area contributed by atoms with Crippen LogP contribution >= 0.6 is 0 Å². The Bertz CT molecular complexity index is 387. The minimum absolute atomic E-state index is 0.270. The van der Waals surface area contributed by atoms with Gasteiger partial charge in [-0.05, 0) is 44.5 Å². The van der Waals surface area contributed by atoms with Crippen LogP contribution in [0.25, 0.3) is 0 Å². The lowest BCUT2D eigenvalue weighted by Crippen LogP contribution is -2.30. The Balaban J connectivity index is 2.58. The van der Waals surface area contributed by atoms with E-state index in [1.165, 1.54) is 12.1 Å². The molecule has 0 spiro atoms. The standard InChI is InChI=1S/C13H18FNO2/c1-13(2,12(16)17)8-9-15(3)11-6-4-10(14)5-7-11/h4-7H,8-9H2,1-3H3,(H,16,17). The molecule has 0 fully saturated rings. The molecule has 0 aliphatic carbocycles. The van der Waals surface area contributed by atoms with Gasteiger partial charge in [-0.25, -0.2) is 4.39 Å². The van der Waals surface area contributed by atoms with Crippen molar-refractivity contribution in [1.82, 2.24) is 0 Å². The molecule has 1 rings (SSSR count). The number of rotatable bonds is 5. The van der Waals surface area contributed by atoms with Crippen molar-refractivity contribution in [3.63, 3.8) is 0 Å². The lowest BCUT2D eigenvalue weighted by atomic mass is 9.89. The Hall–Kier alpha value is -1.58. The van der Waals surface area contributed by atoms with Crippen LogP contribution in [0.1, 0.15) is 20.3 Å². The molecule has 4 heteroatoms. The van der Waals surface area contributed by atoms with Crippen LogP contribution in [-0.2, 0) is 4.79 Å². The van der Waals surface area contributed by atoms with Crippen LogP contribution in [0.4, 0.5) is 10.1 Å². The van der Waals surface area contributed by atoms with Crippen LogP contribution in [0, 0.1) is 11.2 Å². The molecule has 1 aromatic carbocycles. The SMILES string of the molecule is CN(CCC(C)(C)C(=O)O)c1ccc(F)cc1. The Kier molecular flexibility index (Phi) is 4.10. The molecule has 0 atom stereocenters. The van der Waals surface area contributed by atoms with E-state index in [0.717, 1.165) is 5.69 Å². The van der Waals surface area contributed by atoms with Gasteiger partial charge in [0.2, 0.25) is 0 Å². The van der Waals surface area contributed by atoms with Crippen molar-refractivity contribution in [1.29, 1.82) is 0 Å². The predicted octanol–water partition coefficient (Wildman–Crippen LogP) is 2.76. The number of hydrogen-bond donors (Lipinski definition) is 1. The summed E-state index contributed by atoms with van der Waals surface area (Å²) in [6.07, 6.45) is 0.538. The molecule has 0 saturated carbocycles. The fourth-order valence-corrected chi connectivity index (χ4v) is 1.38. The molecule has 0 aliphatic heterocycles. The topological polar surface area (TPSA) is 40.5 Å². The van der Waals surface area contributed by atoms with Crippen LogP contribution < -0.4 is 4.90 Å². The smallest absolute Gasteiger partial charge is 0.309 e. The summed E-state index contributed by atoms with van der Waals surface area (Å²) in [5.74, 6) is -1.07. The molecular formula is C13H18FNO2. The van der Waals surface area contributed by atoms with E-state index in [0.29, 0.717) is 13.0 Å². The van der Waals surface area contributed by atoms with E-state index in [4.69, 9.17) is 5.11 Å². The number of anilines is 1. The van der Waals surface area contributed by atoms with Crippen molar-refractivity contribution in [3.8, 4) is 0 Å². The van der Waals surface area contributed by atoms with Gasteiger partial charge in [0.25, 0.3) is 0 Å². The molecule has 0 radical (unpaired) electrons. The molecule has 17 heavy (non-hydrogen) atoms. The number of halogens is 1. The van der Waals surface area contributed by atoms with Crippen LogP contribution in [0.15, 0.2) is 24.3 Å². The number of carbonyl (C=O) groups is 1. The average molecular weight is 239 g/mol. The van der Waals surface area contributed by atoms with Crippen molar-refractivity contribution < 1.29 is 14.3 Å².